The number of esters is 1. The maximum absolute atomic E-state index is 11.8. The Morgan fingerprint density at radius 2 is 1.21 bits per heavy atom. The van der Waals surface area contributed by atoms with E-state index in [-0.39, 0.29) is 11.8 Å². The Kier molecular flexibility index (Phi) is 8.63. The molecule has 0 unspecified atom stereocenters. The van der Waals surface area contributed by atoms with Crippen molar-refractivity contribution in [3.05, 3.63) is 108 Å². The zero-order valence-corrected chi connectivity index (χ0v) is 16.0. The molecule has 3 aromatic carbocycles. The molecule has 0 saturated heterocycles. The first kappa shape index (κ1) is 21.1. The summed E-state index contributed by atoms with van der Waals surface area (Å²) in [7, 11) is 0. The molecule has 0 bridgehead atoms. The van der Waals surface area contributed by atoms with Crippen LogP contribution in [-0.4, -0.2) is 24.4 Å². The number of hydrogen-bond acceptors (Lipinski definition) is 4. The van der Waals surface area contributed by atoms with Crippen LogP contribution >= 0.6 is 0 Å². The van der Waals surface area contributed by atoms with Crippen molar-refractivity contribution in [3.63, 3.8) is 0 Å². The fourth-order valence-corrected chi connectivity index (χ4v) is 2.55. The lowest BCUT2D eigenvalue weighted by molar-refractivity contribution is -0.144. The van der Waals surface area contributed by atoms with Gasteiger partial charge in [-0.05, 0) is 18.9 Å². The molecule has 0 aliphatic carbocycles. The summed E-state index contributed by atoms with van der Waals surface area (Å²) in [5.41, 5.74) is 8.18. The number of hydrogen-bond donors (Lipinski definition) is 1. The summed E-state index contributed by atoms with van der Waals surface area (Å²) in [6, 6.07) is 27.7. The summed E-state index contributed by atoms with van der Waals surface area (Å²) >= 11 is 0. The van der Waals surface area contributed by atoms with E-state index < -0.39 is 6.04 Å². The third kappa shape index (κ3) is 6.82. The number of ether oxygens (including phenoxy) is 1. The van der Waals surface area contributed by atoms with Crippen LogP contribution in [-0.2, 0) is 16.0 Å². The Labute approximate surface area is 166 Å². The van der Waals surface area contributed by atoms with Gasteiger partial charge in [0.1, 0.15) is 6.04 Å². The van der Waals surface area contributed by atoms with E-state index in [1.807, 2.05) is 91.0 Å². The molecule has 0 aliphatic rings. The molecule has 144 valence electrons. The highest BCUT2D eigenvalue weighted by Crippen LogP contribution is 2.08. The number of ketones is 1. The van der Waals surface area contributed by atoms with Crippen LogP contribution in [0.5, 0.6) is 0 Å². The minimum atomic E-state index is -0.558. The molecule has 0 fully saturated rings. The largest absolute Gasteiger partial charge is 0.465 e. The fraction of sp³-hybridized carbons (Fsp3) is 0.167. The topological polar surface area (TPSA) is 69.4 Å². The summed E-state index contributed by atoms with van der Waals surface area (Å²) in [5.74, 6) is -0.262. The van der Waals surface area contributed by atoms with Gasteiger partial charge in [0.05, 0.1) is 6.61 Å². The van der Waals surface area contributed by atoms with E-state index in [0.717, 1.165) is 16.7 Å². The molecule has 0 saturated carbocycles. The van der Waals surface area contributed by atoms with Gasteiger partial charge in [-0.3, -0.25) is 9.59 Å². The summed E-state index contributed by atoms with van der Waals surface area (Å²) in [6.45, 7) is 2.15. The van der Waals surface area contributed by atoms with Crippen molar-refractivity contribution in [3.8, 4) is 0 Å². The van der Waals surface area contributed by atoms with Gasteiger partial charge >= 0.3 is 5.97 Å². The second-order valence-electron chi connectivity index (χ2n) is 6.11. The molecule has 0 aromatic heterocycles. The minimum absolute atomic E-state index is 0.0752. The molecular weight excluding hydrogens is 350 g/mol. The SMILES string of the molecule is CCOC(=O)[C@H](N)Cc1ccccc1.O=C(c1ccccc1)c1ccccc1. The molecule has 3 rings (SSSR count). The maximum atomic E-state index is 11.8. The van der Waals surface area contributed by atoms with Crippen LogP contribution in [0.1, 0.15) is 28.4 Å². The Morgan fingerprint density at radius 1 is 0.786 bits per heavy atom. The quantitative estimate of drug-likeness (QED) is 0.521. The van der Waals surface area contributed by atoms with Gasteiger partial charge in [-0.15, -0.1) is 0 Å². The molecular formula is C24H25NO3. The number of benzene rings is 3. The molecule has 2 N–H and O–H groups in total. The highest BCUT2D eigenvalue weighted by molar-refractivity contribution is 6.08. The predicted molar refractivity (Wildman–Crippen MR) is 111 cm³/mol. The van der Waals surface area contributed by atoms with Gasteiger partial charge in [-0.25, -0.2) is 0 Å². The first-order valence-corrected chi connectivity index (χ1v) is 9.22. The molecule has 0 heterocycles. The van der Waals surface area contributed by atoms with Crippen LogP contribution in [0.25, 0.3) is 0 Å². The van der Waals surface area contributed by atoms with Crippen molar-refractivity contribution < 1.29 is 14.3 Å². The van der Waals surface area contributed by atoms with Crippen molar-refractivity contribution in [1.29, 1.82) is 0 Å². The summed E-state index contributed by atoms with van der Waals surface area (Å²) in [4.78, 5) is 23.0. The van der Waals surface area contributed by atoms with Crippen molar-refractivity contribution >= 4 is 11.8 Å². The second kappa shape index (κ2) is 11.5. The molecule has 0 spiro atoms. The molecule has 0 aliphatic heterocycles. The lowest BCUT2D eigenvalue weighted by Gasteiger charge is -2.09. The Hall–Kier alpha value is -3.24. The van der Waals surface area contributed by atoms with E-state index in [1.54, 1.807) is 6.92 Å². The van der Waals surface area contributed by atoms with Gasteiger partial charge < -0.3 is 10.5 Å². The zero-order valence-electron chi connectivity index (χ0n) is 16.0. The minimum Gasteiger partial charge on any atom is -0.465 e. The smallest absolute Gasteiger partial charge is 0.323 e. The van der Waals surface area contributed by atoms with Crippen molar-refractivity contribution in [2.45, 2.75) is 19.4 Å². The second-order valence-corrected chi connectivity index (χ2v) is 6.11. The van der Waals surface area contributed by atoms with E-state index in [0.29, 0.717) is 13.0 Å². The van der Waals surface area contributed by atoms with Gasteiger partial charge in [0.15, 0.2) is 5.78 Å². The van der Waals surface area contributed by atoms with E-state index in [4.69, 9.17) is 10.5 Å². The fourth-order valence-electron chi connectivity index (χ4n) is 2.55. The van der Waals surface area contributed by atoms with Crippen molar-refractivity contribution in [2.75, 3.05) is 6.61 Å². The molecule has 1 atom stereocenters. The highest BCUT2D eigenvalue weighted by Gasteiger charge is 2.14. The van der Waals surface area contributed by atoms with Crippen LogP contribution in [0, 0.1) is 0 Å². The van der Waals surface area contributed by atoms with E-state index in [9.17, 15) is 9.59 Å². The lowest BCUT2D eigenvalue weighted by atomic mass is 10.0. The first-order valence-electron chi connectivity index (χ1n) is 9.22. The van der Waals surface area contributed by atoms with Gasteiger partial charge in [0, 0.05) is 11.1 Å². The van der Waals surface area contributed by atoms with Gasteiger partial charge in [0.2, 0.25) is 0 Å². The first-order chi connectivity index (χ1) is 13.6. The molecule has 4 heteroatoms. The molecule has 0 amide bonds. The number of carbonyl (C=O) groups is 2. The average Bonchev–Trinajstić information content (AvgIpc) is 2.76. The van der Waals surface area contributed by atoms with E-state index in [2.05, 4.69) is 0 Å². The molecule has 4 nitrogen and oxygen atoms in total. The Bertz CT molecular complexity index is 807. The number of rotatable bonds is 6. The average molecular weight is 375 g/mol. The Balaban J connectivity index is 0.000000200. The summed E-state index contributed by atoms with van der Waals surface area (Å²) in [6.07, 6.45) is 0.527. The van der Waals surface area contributed by atoms with E-state index in [1.165, 1.54) is 0 Å². The van der Waals surface area contributed by atoms with Crippen LogP contribution in [0.3, 0.4) is 0 Å². The zero-order chi connectivity index (χ0) is 20.2. The standard InChI is InChI=1S/C13H10O.C11H15NO2/c14-13(11-7-3-1-4-8-11)12-9-5-2-6-10-12;1-2-14-11(13)10(12)8-9-6-4-3-5-7-9/h1-10H;3-7,10H,2,8,12H2,1H3/t;10-/m.1/s1. The maximum Gasteiger partial charge on any atom is 0.323 e. The summed E-state index contributed by atoms with van der Waals surface area (Å²) < 4.78 is 4.81. The third-order valence-electron chi connectivity index (χ3n) is 3.96. The number of nitrogens with two attached hydrogens (primary N) is 1. The predicted octanol–water partition coefficient (Wildman–Crippen LogP) is 4.04. The molecule has 3 aromatic rings. The lowest BCUT2D eigenvalue weighted by Crippen LogP contribution is -2.34. The van der Waals surface area contributed by atoms with Crippen molar-refractivity contribution in [1.82, 2.24) is 0 Å². The molecule has 0 radical (unpaired) electrons. The van der Waals surface area contributed by atoms with Gasteiger partial charge in [-0.1, -0.05) is 91.0 Å². The number of carbonyl (C=O) groups excluding carboxylic acids is 2. The highest BCUT2D eigenvalue weighted by atomic mass is 16.5. The van der Waals surface area contributed by atoms with Crippen LogP contribution in [0.15, 0.2) is 91.0 Å². The van der Waals surface area contributed by atoms with Crippen molar-refractivity contribution in [2.24, 2.45) is 5.73 Å². The summed E-state index contributed by atoms with van der Waals surface area (Å²) in [5, 5.41) is 0. The van der Waals surface area contributed by atoms with E-state index >= 15 is 0 Å². The van der Waals surface area contributed by atoms with Crippen LogP contribution in [0.2, 0.25) is 0 Å². The Morgan fingerprint density at radius 3 is 1.64 bits per heavy atom. The van der Waals surface area contributed by atoms with Gasteiger partial charge in [-0.2, -0.15) is 0 Å². The van der Waals surface area contributed by atoms with Crippen LogP contribution in [0.4, 0.5) is 0 Å². The van der Waals surface area contributed by atoms with Crippen LogP contribution < -0.4 is 5.73 Å². The van der Waals surface area contributed by atoms with Gasteiger partial charge in [0.25, 0.3) is 0 Å². The third-order valence-corrected chi connectivity index (χ3v) is 3.96. The monoisotopic (exact) mass is 375 g/mol. The normalized spacial score (nSPS) is 10.9. The molecule has 28 heavy (non-hydrogen) atoms.